The molecule has 3 rings (SSSR count). The van der Waals surface area contributed by atoms with Crippen molar-refractivity contribution in [2.75, 3.05) is 0 Å². The molecule has 0 aliphatic carbocycles. The predicted molar refractivity (Wildman–Crippen MR) is 109 cm³/mol. The van der Waals surface area contributed by atoms with Gasteiger partial charge in [0.25, 0.3) is 0 Å². The molecule has 1 aromatic heterocycles. The molecule has 156 valence electrons. The lowest BCUT2D eigenvalue weighted by atomic mass is 10.0. The van der Waals surface area contributed by atoms with Crippen LogP contribution in [0.25, 0.3) is 22.3 Å². The van der Waals surface area contributed by atoms with Crippen LogP contribution in [-0.2, 0) is 9.53 Å². The maximum Gasteiger partial charge on any atom is 0.346 e. The summed E-state index contributed by atoms with van der Waals surface area (Å²) in [4.78, 5) is 37.0. The van der Waals surface area contributed by atoms with Gasteiger partial charge < -0.3 is 13.9 Å². The number of fused-ring (bicyclic) bond motifs is 1. The second-order valence-corrected chi connectivity index (χ2v) is 7.95. The van der Waals surface area contributed by atoms with E-state index in [4.69, 9.17) is 25.5 Å². The molecule has 0 amide bonds. The van der Waals surface area contributed by atoms with Gasteiger partial charge in [-0.05, 0) is 45.0 Å². The van der Waals surface area contributed by atoms with E-state index in [0.717, 1.165) is 6.07 Å². The molecule has 0 radical (unpaired) electrons. The molecule has 2 aromatic carbocycles. The van der Waals surface area contributed by atoms with Crippen molar-refractivity contribution >= 4 is 34.5 Å². The van der Waals surface area contributed by atoms with Gasteiger partial charge >= 0.3 is 11.9 Å². The quantitative estimate of drug-likeness (QED) is 0.421. The van der Waals surface area contributed by atoms with Crippen LogP contribution in [0.2, 0.25) is 5.02 Å². The summed E-state index contributed by atoms with van der Waals surface area (Å²) in [6.07, 6.45) is 0. The highest BCUT2D eigenvalue weighted by Gasteiger charge is 2.28. The number of hydrogen-bond donors (Lipinski definition) is 0. The van der Waals surface area contributed by atoms with E-state index >= 15 is 0 Å². The van der Waals surface area contributed by atoms with Gasteiger partial charge in [0, 0.05) is 24.1 Å². The number of hydrogen-bond acceptors (Lipinski definition) is 6. The highest BCUT2D eigenvalue weighted by molar-refractivity contribution is 6.31. The van der Waals surface area contributed by atoms with E-state index in [2.05, 4.69) is 0 Å². The third-order valence-corrected chi connectivity index (χ3v) is 4.14. The van der Waals surface area contributed by atoms with Crippen molar-refractivity contribution in [3.63, 3.8) is 0 Å². The number of halogens is 2. The highest BCUT2D eigenvalue weighted by Crippen LogP contribution is 2.32. The molecule has 0 saturated carbocycles. The first-order valence-electron chi connectivity index (χ1n) is 8.94. The molecule has 0 unspecified atom stereocenters. The van der Waals surface area contributed by atoms with Crippen LogP contribution in [0.15, 0.2) is 45.6 Å². The summed E-state index contributed by atoms with van der Waals surface area (Å²) in [5, 5.41) is 0.397. The standard InChI is InChI=1S/C22H18ClFO6/c1-11(25)28-13-6-8-14(16(24)10-13)20-18(21(27)30-22(2,3)4)19(26)15-7-5-12(23)9-17(15)29-20/h5-10H,1-4H3. The van der Waals surface area contributed by atoms with Gasteiger partial charge in [-0.1, -0.05) is 11.6 Å². The smallest absolute Gasteiger partial charge is 0.346 e. The largest absolute Gasteiger partial charge is 0.456 e. The Bertz CT molecular complexity index is 1220. The second-order valence-electron chi connectivity index (χ2n) is 7.51. The first-order valence-corrected chi connectivity index (χ1v) is 9.32. The van der Waals surface area contributed by atoms with Crippen molar-refractivity contribution in [1.82, 2.24) is 0 Å². The van der Waals surface area contributed by atoms with Crippen molar-refractivity contribution in [3.05, 3.63) is 63.0 Å². The van der Waals surface area contributed by atoms with Crippen molar-refractivity contribution in [3.8, 4) is 17.1 Å². The zero-order chi connectivity index (χ0) is 22.2. The first-order chi connectivity index (χ1) is 14.0. The average Bonchev–Trinajstić information content (AvgIpc) is 2.59. The summed E-state index contributed by atoms with van der Waals surface area (Å²) in [5.74, 6) is -2.78. The Labute approximate surface area is 176 Å². The molecule has 0 aliphatic heterocycles. The van der Waals surface area contributed by atoms with E-state index in [1.165, 1.54) is 37.3 Å². The van der Waals surface area contributed by atoms with Crippen LogP contribution in [0.5, 0.6) is 5.75 Å². The first kappa shape index (κ1) is 21.5. The average molecular weight is 433 g/mol. The molecule has 0 bridgehead atoms. The zero-order valence-electron chi connectivity index (χ0n) is 16.7. The van der Waals surface area contributed by atoms with Gasteiger partial charge in [-0.25, -0.2) is 9.18 Å². The molecule has 0 saturated heterocycles. The SMILES string of the molecule is CC(=O)Oc1ccc(-c2oc3cc(Cl)ccc3c(=O)c2C(=O)OC(C)(C)C)c(F)c1. The molecule has 30 heavy (non-hydrogen) atoms. The number of rotatable bonds is 3. The molecule has 6 nitrogen and oxygen atoms in total. The topological polar surface area (TPSA) is 82.8 Å². The molecule has 1 heterocycles. The van der Waals surface area contributed by atoms with Crippen LogP contribution >= 0.6 is 11.6 Å². The molecule has 0 atom stereocenters. The normalized spacial score (nSPS) is 11.4. The zero-order valence-corrected chi connectivity index (χ0v) is 17.4. The van der Waals surface area contributed by atoms with Gasteiger partial charge in [0.15, 0.2) is 11.3 Å². The third kappa shape index (κ3) is 4.52. The highest BCUT2D eigenvalue weighted by atomic mass is 35.5. The summed E-state index contributed by atoms with van der Waals surface area (Å²) in [6, 6.07) is 7.82. The van der Waals surface area contributed by atoms with E-state index in [1.807, 2.05) is 0 Å². The summed E-state index contributed by atoms with van der Waals surface area (Å²) < 4.78 is 30.8. The maximum atomic E-state index is 14.8. The fourth-order valence-corrected chi connectivity index (χ4v) is 2.94. The Kier molecular flexibility index (Phi) is 5.67. The van der Waals surface area contributed by atoms with Gasteiger partial charge in [-0.15, -0.1) is 0 Å². The second kappa shape index (κ2) is 7.91. The minimum atomic E-state index is -0.952. The van der Waals surface area contributed by atoms with Crippen molar-refractivity contribution in [2.45, 2.75) is 33.3 Å². The van der Waals surface area contributed by atoms with E-state index < -0.39 is 34.3 Å². The van der Waals surface area contributed by atoms with Crippen molar-refractivity contribution < 1.29 is 27.9 Å². The Hall–Kier alpha value is -3.19. The van der Waals surface area contributed by atoms with Crippen LogP contribution in [0.4, 0.5) is 4.39 Å². The Balaban J connectivity index is 2.29. The molecule has 0 spiro atoms. The summed E-state index contributed by atoms with van der Waals surface area (Å²) in [7, 11) is 0. The number of esters is 2. The Morgan fingerprint density at radius 1 is 1.10 bits per heavy atom. The van der Waals surface area contributed by atoms with Crippen molar-refractivity contribution in [1.29, 1.82) is 0 Å². The summed E-state index contributed by atoms with van der Waals surface area (Å²) >= 11 is 5.98. The van der Waals surface area contributed by atoms with Crippen molar-refractivity contribution in [2.24, 2.45) is 0 Å². The number of carbonyl (C=O) groups excluding carboxylic acids is 2. The number of carbonyl (C=O) groups is 2. The van der Waals surface area contributed by atoms with E-state index in [1.54, 1.807) is 20.8 Å². The lowest BCUT2D eigenvalue weighted by Crippen LogP contribution is -2.28. The Morgan fingerprint density at radius 3 is 2.40 bits per heavy atom. The monoisotopic (exact) mass is 432 g/mol. The number of benzene rings is 2. The molecule has 0 fully saturated rings. The molecule has 0 N–H and O–H groups in total. The van der Waals surface area contributed by atoms with Crippen LogP contribution < -0.4 is 10.2 Å². The van der Waals surface area contributed by atoms with Crippen LogP contribution in [0.3, 0.4) is 0 Å². The van der Waals surface area contributed by atoms with Crippen LogP contribution in [0, 0.1) is 5.82 Å². The Morgan fingerprint density at radius 2 is 1.80 bits per heavy atom. The molecule has 0 aliphatic rings. The van der Waals surface area contributed by atoms with E-state index in [9.17, 15) is 18.8 Å². The molecule has 8 heteroatoms. The number of ether oxygens (including phenoxy) is 2. The van der Waals surface area contributed by atoms with Gasteiger partial charge in [0.05, 0.1) is 10.9 Å². The van der Waals surface area contributed by atoms with Gasteiger partial charge in [0.2, 0.25) is 5.43 Å². The lowest BCUT2D eigenvalue weighted by Gasteiger charge is -2.20. The molecular formula is C22H18ClFO6. The van der Waals surface area contributed by atoms with Gasteiger partial charge in [0.1, 0.15) is 22.8 Å². The summed E-state index contributed by atoms with van der Waals surface area (Å²) in [5.41, 5.74) is -2.11. The van der Waals surface area contributed by atoms with E-state index in [0.29, 0.717) is 5.02 Å². The fourth-order valence-electron chi connectivity index (χ4n) is 2.78. The molecule has 3 aromatic rings. The maximum absolute atomic E-state index is 14.8. The van der Waals surface area contributed by atoms with E-state index in [-0.39, 0.29) is 28.0 Å². The van der Waals surface area contributed by atoms with Crippen LogP contribution in [-0.4, -0.2) is 17.5 Å². The fraction of sp³-hybridized carbons (Fsp3) is 0.227. The third-order valence-electron chi connectivity index (χ3n) is 3.90. The minimum absolute atomic E-state index is 0.0336. The molecular weight excluding hydrogens is 415 g/mol. The van der Waals surface area contributed by atoms with Crippen LogP contribution in [0.1, 0.15) is 38.1 Å². The lowest BCUT2D eigenvalue weighted by molar-refractivity contribution is -0.131. The minimum Gasteiger partial charge on any atom is -0.456 e. The summed E-state index contributed by atoms with van der Waals surface area (Å²) in [6.45, 7) is 6.10. The predicted octanol–water partition coefficient (Wildman–Crippen LogP) is 5.13. The van der Waals surface area contributed by atoms with Gasteiger partial charge in [-0.2, -0.15) is 0 Å². The van der Waals surface area contributed by atoms with Gasteiger partial charge in [-0.3, -0.25) is 9.59 Å².